The van der Waals surface area contributed by atoms with Gasteiger partial charge < -0.3 is 0 Å². The fourth-order valence-corrected chi connectivity index (χ4v) is 5.29. The first-order valence-electron chi connectivity index (χ1n) is 8.60. The van der Waals surface area contributed by atoms with Crippen LogP contribution in [0.5, 0.6) is 0 Å². The average molecular weight is 409 g/mol. The van der Waals surface area contributed by atoms with Gasteiger partial charge in [-0.25, -0.2) is 0 Å². The maximum absolute atomic E-state index is 12.3. The molecule has 25 heavy (non-hydrogen) atoms. The molecule has 0 amide bonds. The van der Waals surface area contributed by atoms with Crippen LogP contribution in [0.2, 0.25) is 5.32 Å². The molecular formula is C20H26O4Se. The summed E-state index contributed by atoms with van der Waals surface area (Å²) in [6.07, 6.45) is 6.03. The van der Waals surface area contributed by atoms with Gasteiger partial charge >= 0.3 is 156 Å². The SMILES string of the molecule is COC(=O)[C@@H]1[C@H](C(=O)OC)[C@H](CCC[Se]c2ccccc2)C=C[C@@H]1C. The summed E-state index contributed by atoms with van der Waals surface area (Å²) < 4.78 is 11.3. The maximum atomic E-state index is 12.3. The number of hydrogen-bond donors (Lipinski definition) is 0. The van der Waals surface area contributed by atoms with E-state index in [1.165, 1.54) is 18.7 Å². The quantitative estimate of drug-likeness (QED) is 0.301. The summed E-state index contributed by atoms with van der Waals surface area (Å²) in [5.41, 5.74) is 0. The van der Waals surface area contributed by atoms with E-state index in [2.05, 4.69) is 30.3 Å². The Balaban J connectivity index is 2.00. The number of carbonyl (C=O) groups excluding carboxylic acids is 2. The fraction of sp³-hybridized carbons (Fsp3) is 0.500. The van der Waals surface area contributed by atoms with E-state index in [9.17, 15) is 9.59 Å². The molecule has 1 aromatic rings. The third-order valence-electron chi connectivity index (χ3n) is 4.72. The van der Waals surface area contributed by atoms with E-state index in [4.69, 9.17) is 9.47 Å². The number of benzene rings is 1. The van der Waals surface area contributed by atoms with Gasteiger partial charge in [0.15, 0.2) is 0 Å². The van der Waals surface area contributed by atoms with Gasteiger partial charge in [-0.2, -0.15) is 0 Å². The van der Waals surface area contributed by atoms with Crippen molar-refractivity contribution < 1.29 is 19.1 Å². The molecule has 2 rings (SSSR count). The van der Waals surface area contributed by atoms with Crippen molar-refractivity contribution in [1.82, 2.24) is 0 Å². The van der Waals surface area contributed by atoms with Crippen molar-refractivity contribution in [3.05, 3.63) is 42.5 Å². The zero-order chi connectivity index (χ0) is 18.2. The number of methoxy groups -OCH3 is 2. The molecule has 0 radical (unpaired) electrons. The van der Waals surface area contributed by atoms with Gasteiger partial charge in [-0.05, 0) is 0 Å². The summed E-state index contributed by atoms with van der Waals surface area (Å²) in [6, 6.07) is 10.5. The monoisotopic (exact) mass is 410 g/mol. The zero-order valence-electron chi connectivity index (χ0n) is 15.0. The molecule has 0 fully saturated rings. The molecular weight excluding hydrogens is 383 g/mol. The van der Waals surface area contributed by atoms with Gasteiger partial charge in [-0.1, -0.05) is 0 Å². The van der Waals surface area contributed by atoms with Crippen LogP contribution in [0.3, 0.4) is 0 Å². The van der Waals surface area contributed by atoms with Crippen LogP contribution in [-0.2, 0) is 19.1 Å². The summed E-state index contributed by atoms with van der Waals surface area (Å²) in [5.74, 6) is -1.56. The van der Waals surface area contributed by atoms with Crippen molar-refractivity contribution >= 4 is 31.4 Å². The molecule has 0 aromatic heterocycles. The Morgan fingerprint density at radius 2 is 1.64 bits per heavy atom. The van der Waals surface area contributed by atoms with Gasteiger partial charge in [-0.15, -0.1) is 0 Å². The molecule has 0 heterocycles. The molecule has 0 N–H and O–H groups in total. The Bertz CT molecular complexity index is 599. The number of ether oxygens (including phenoxy) is 2. The van der Waals surface area contributed by atoms with Crippen molar-refractivity contribution in [2.75, 3.05) is 14.2 Å². The first-order valence-corrected chi connectivity index (χ1v) is 10.7. The van der Waals surface area contributed by atoms with E-state index in [-0.39, 0.29) is 23.8 Å². The molecule has 4 atom stereocenters. The molecule has 0 unspecified atom stereocenters. The second-order valence-electron chi connectivity index (χ2n) is 6.31. The van der Waals surface area contributed by atoms with Crippen LogP contribution in [0.1, 0.15) is 19.8 Å². The van der Waals surface area contributed by atoms with E-state index in [0.29, 0.717) is 15.0 Å². The number of rotatable bonds is 7. The molecule has 1 aliphatic carbocycles. The van der Waals surface area contributed by atoms with Gasteiger partial charge in [0.25, 0.3) is 0 Å². The predicted molar refractivity (Wildman–Crippen MR) is 98.7 cm³/mol. The summed E-state index contributed by atoms with van der Waals surface area (Å²) in [4.78, 5) is 24.6. The first-order chi connectivity index (χ1) is 12.1. The summed E-state index contributed by atoms with van der Waals surface area (Å²) in [6.45, 7) is 1.95. The van der Waals surface area contributed by atoms with E-state index < -0.39 is 11.8 Å². The second kappa shape index (κ2) is 9.79. The molecule has 1 aromatic carbocycles. The number of esters is 2. The topological polar surface area (TPSA) is 52.6 Å². The molecule has 5 heteroatoms. The van der Waals surface area contributed by atoms with Gasteiger partial charge in [0, 0.05) is 0 Å². The van der Waals surface area contributed by atoms with E-state index in [0.717, 1.165) is 18.2 Å². The van der Waals surface area contributed by atoms with Gasteiger partial charge in [0.05, 0.1) is 0 Å². The minimum atomic E-state index is -0.466. The Morgan fingerprint density at radius 3 is 2.28 bits per heavy atom. The third-order valence-corrected chi connectivity index (χ3v) is 7.02. The summed E-state index contributed by atoms with van der Waals surface area (Å²) in [7, 11) is 2.76. The van der Waals surface area contributed by atoms with Crippen molar-refractivity contribution in [3.63, 3.8) is 0 Å². The predicted octanol–water partition coefficient (Wildman–Crippen LogP) is 2.62. The van der Waals surface area contributed by atoms with Gasteiger partial charge in [0.2, 0.25) is 0 Å². The molecule has 0 aliphatic heterocycles. The molecule has 4 nitrogen and oxygen atoms in total. The Kier molecular flexibility index (Phi) is 7.73. The molecule has 1 aliphatic rings. The normalized spacial score (nSPS) is 25.4. The van der Waals surface area contributed by atoms with Crippen molar-refractivity contribution in [1.29, 1.82) is 0 Å². The van der Waals surface area contributed by atoms with E-state index in [1.54, 1.807) is 0 Å². The minimum absolute atomic E-state index is 0.0265. The van der Waals surface area contributed by atoms with Gasteiger partial charge in [0.1, 0.15) is 0 Å². The number of carbonyl (C=O) groups is 2. The Morgan fingerprint density at radius 1 is 1.00 bits per heavy atom. The fourth-order valence-electron chi connectivity index (χ4n) is 3.41. The van der Waals surface area contributed by atoms with Gasteiger partial charge in [-0.3, -0.25) is 0 Å². The zero-order valence-corrected chi connectivity index (χ0v) is 16.7. The van der Waals surface area contributed by atoms with Crippen LogP contribution in [0, 0.1) is 23.7 Å². The van der Waals surface area contributed by atoms with E-state index in [1.807, 2.05) is 19.1 Å². The van der Waals surface area contributed by atoms with Crippen LogP contribution in [0.25, 0.3) is 0 Å². The van der Waals surface area contributed by atoms with Crippen LogP contribution in [0.4, 0.5) is 0 Å². The standard InChI is InChI=1S/C20H26O4Se/c1-14-11-12-15(8-7-13-25-16-9-5-4-6-10-16)18(20(22)24-3)17(14)19(21)23-2/h4-6,9-12,14-15,17-18H,7-8,13H2,1-3H3/t14-,15+,17-,18+/m0/s1. The van der Waals surface area contributed by atoms with Crippen molar-refractivity contribution in [2.24, 2.45) is 23.7 Å². The summed E-state index contributed by atoms with van der Waals surface area (Å²) >= 11 is 0.440. The number of hydrogen-bond acceptors (Lipinski definition) is 4. The van der Waals surface area contributed by atoms with Crippen molar-refractivity contribution in [3.8, 4) is 0 Å². The number of allylic oxidation sites excluding steroid dienone is 2. The molecule has 0 bridgehead atoms. The molecule has 136 valence electrons. The van der Waals surface area contributed by atoms with Crippen molar-refractivity contribution in [2.45, 2.75) is 25.1 Å². The van der Waals surface area contributed by atoms with E-state index >= 15 is 0 Å². The first kappa shape index (κ1) is 19.7. The molecule has 0 saturated carbocycles. The molecule has 0 saturated heterocycles. The average Bonchev–Trinajstić information content (AvgIpc) is 2.65. The third kappa shape index (κ3) is 5.19. The Hall–Kier alpha value is -1.58. The van der Waals surface area contributed by atoms with Crippen LogP contribution in [-0.4, -0.2) is 41.1 Å². The second-order valence-corrected chi connectivity index (χ2v) is 8.76. The Labute approximate surface area is 156 Å². The summed E-state index contributed by atoms with van der Waals surface area (Å²) in [5, 5.41) is 1.12. The van der Waals surface area contributed by atoms with Crippen LogP contribution in [0.15, 0.2) is 42.5 Å². The molecule has 0 spiro atoms. The van der Waals surface area contributed by atoms with Crippen LogP contribution >= 0.6 is 0 Å². The van der Waals surface area contributed by atoms with Crippen LogP contribution < -0.4 is 4.46 Å².